The number of benzene rings is 1. The Morgan fingerprint density at radius 2 is 2.12 bits per heavy atom. The molecule has 0 spiro atoms. The van der Waals surface area contributed by atoms with Gasteiger partial charge in [0.1, 0.15) is 0 Å². The molecule has 7 heteroatoms. The van der Waals surface area contributed by atoms with Crippen molar-refractivity contribution in [3.63, 3.8) is 0 Å². The molecule has 4 rings (SSSR count). The standard InChI is InChI=1S/C19H23N5O2/c1-25-19-20-8-16(9-21-19)12-24-4-5-26-13-15(11-24)6-14-2-3-18-17(7-14)10-22-23-18/h2-3,7-10,15H,4-6,11-13H2,1H3,(H,22,23)/t15-/m0/s1. The van der Waals surface area contributed by atoms with E-state index in [4.69, 9.17) is 9.47 Å². The first-order valence-corrected chi connectivity index (χ1v) is 8.87. The van der Waals surface area contributed by atoms with E-state index in [1.807, 2.05) is 18.6 Å². The Balaban J connectivity index is 1.41. The maximum atomic E-state index is 5.84. The third kappa shape index (κ3) is 4.00. The van der Waals surface area contributed by atoms with Crippen LogP contribution in [0.1, 0.15) is 11.1 Å². The normalized spacial score (nSPS) is 18.7. The van der Waals surface area contributed by atoms with Gasteiger partial charge in [-0.1, -0.05) is 6.07 Å². The molecule has 0 unspecified atom stereocenters. The van der Waals surface area contributed by atoms with Gasteiger partial charge in [0.15, 0.2) is 0 Å². The van der Waals surface area contributed by atoms with E-state index in [1.165, 1.54) is 5.56 Å². The summed E-state index contributed by atoms with van der Waals surface area (Å²) < 4.78 is 10.9. The number of nitrogens with one attached hydrogen (secondary N) is 1. The number of ether oxygens (including phenoxy) is 2. The fourth-order valence-electron chi connectivity index (χ4n) is 3.46. The average molecular weight is 353 g/mol. The molecule has 7 nitrogen and oxygen atoms in total. The van der Waals surface area contributed by atoms with Crippen molar-refractivity contribution in [1.29, 1.82) is 0 Å². The van der Waals surface area contributed by atoms with Gasteiger partial charge in [0.05, 0.1) is 32.0 Å². The van der Waals surface area contributed by atoms with Gasteiger partial charge in [-0.05, 0) is 30.0 Å². The highest BCUT2D eigenvalue weighted by Crippen LogP contribution is 2.19. The monoisotopic (exact) mass is 353 g/mol. The lowest BCUT2D eigenvalue weighted by molar-refractivity contribution is 0.121. The van der Waals surface area contributed by atoms with E-state index in [9.17, 15) is 0 Å². The number of nitrogens with zero attached hydrogens (tertiary/aromatic N) is 4. The summed E-state index contributed by atoms with van der Waals surface area (Å²) in [4.78, 5) is 10.8. The van der Waals surface area contributed by atoms with Crippen LogP contribution in [0.25, 0.3) is 10.9 Å². The van der Waals surface area contributed by atoms with Crippen molar-refractivity contribution >= 4 is 10.9 Å². The second-order valence-corrected chi connectivity index (χ2v) is 6.75. The van der Waals surface area contributed by atoms with Gasteiger partial charge in [-0.15, -0.1) is 0 Å². The van der Waals surface area contributed by atoms with Crippen molar-refractivity contribution in [2.24, 2.45) is 5.92 Å². The van der Waals surface area contributed by atoms with Crippen LogP contribution in [0.3, 0.4) is 0 Å². The van der Waals surface area contributed by atoms with Gasteiger partial charge < -0.3 is 9.47 Å². The first kappa shape index (κ1) is 16.9. The highest BCUT2D eigenvalue weighted by molar-refractivity contribution is 5.78. The second kappa shape index (κ2) is 7.80. The number of hydrogen-bond acceptors (Lipinski definition) is 6. The summed E-state index contributed by atoms with van der Waals surface area (Å²) >= 11 is 0. The predicted octanol–water partition coefficient (Wildman–Crippen LogP) is 2.05. The largest absolute Gasteiger partial charge is 0.467 e. The molecular formula is C19H23N5O2. The Morgan fingerprint density at radius 3 is 2.96 bits per heavy atom. The summed E-state index contributed by atoms with van der Waals surface area (Å²) in [5.74, 6) is 0.459. The van der Waals surface area contributed by atoms with E-state index in [0.717, 1.165) is 55.7 Å². The van der Waals surface area contributed by atoms with E-state index >= 15 is 0 Å². The zero-order valence-corrected chi connectivity index (χ0v) is 14.9. The summed E-state index contributed by atoms with van der Waals surface area (Å²) in [6.07, 6.45) is 6.54. The highest BCUT2D eigenvalue weighted by Gasteiger charge is 2.19. The van der Waals surface area contributed by atoms with E-state index < -0.39 is 0 Å². The van der Waals surface area contributed by atoms with Gasteiger partial charge in [0, 0.05) is 43.0 Å². The average Bonchev–Trinajstić information content (AvgIpc) is 3.02. The third-order valence-corrected chi connectivity index (χ3v) is 4.72. The number of aromatic amines is 1. The summed E-state index contributed by atoms with van der Waals surface area (Å²) in [7, 11) is 1.58. The SMILES string of the molecule is COc1ncc(CN2CCOC[C@@H](Cc3ccc4[nH]ncc4c3)C2)cn1. The zero-order chi connectivity index (χ0) is 17.8. The van der Waals surface area contributed by atoms with Crippen LogP contribution in [0.15, 0.2) is 36.8 Å². The fraction of sp³-hybridized carbons (Fsp3) is 0.421. The van der Waals surface area contributed by atoms with E-state index in [-0.39, 0.29) is 0 Å². The van der Waals surface area contributed by atoms with Gasteiger partial charge in [-0.25, -0.2) is 9.97 Å². The topological polar surface area (TPSA) is 76.2 Å². The summed E-state index contributed by atoms with van der Waals surface area (Å²) in [6.45, 7) is 4.29. The van der Waals surface area contributed by atoms with Crippen molar-refractivity contribution in [2.45, 2.75) is 13.0 Å². The molecule has 0 bridgehead atoms. The summed E-state index contributed by atoms with van der Waals surface area (Å²) in [5.41, 5.74) is 3.49. The molecule has 1 aromatic carbocycles. The van der Waals surface area contributed by atoms with Crippen molar-refractivity contribution in [3.05, 3.63) is 47.9 Å². The first-order chi connectivity index (χ1) is 12.8. The molecule has 136 valence electrons. The molecule has 1 saturated heterocycles. The van der Waals surface area contributed by atoms with Crippen LogP contribution in [0.5, 0.6) is 6.01 Å². The molecule has 26 heavy (non-hydrogen) atoms. The van der Waals surface area contributed by atoms with Crippen LogP contribution in [0.4, 0.5) is 0 Å². The number of aromatic nitrogens is 4. The first-order valence-electron chi connectivity index (χ1n) is 8.87. The Labute approximate surface area is 152 Å². The maximum absolute atomic E-state index is 5.84. The van der Waals surface area contributed by atoms with Gasteiger partial charge in [0.2, 0.25) is 0 Å². The number of rotatable bonds is 5. The molecule has 0 radical (unpaired) electrons. The lowest BCUT2D eigenvalue weighted by Crippen LogP contribution is -2.30. The molecule has 3 heterocycles. The van der Waals surface area contributed by atoms with E-state index in [2.05, 4.69) is 43.3 Å². The minimum absolute atomic E-state index is 0.403. The minimum atomic E-state index is 0.403. The molecule has 0 saturated carbocycles. The van der Waals surface area contributed by atoms with Crippen LogP contribution in [-0.2, 0) is 17.7 Å². The van der Waals surface area contributed by atoms with Crippen LogP contribution in [0.2, 0.25) is 0 Å². The second-order valence-electron chi connectivity index (χ2n) is 6.75. The van der Waals surface area contributed by atoms with Crippen LogP contribution < -0.4 is 4.74 Å². The molecule has 1 atom stereocenters. The number of methoxy groups -OCH3 is 1. The predicted molar refractivity (Wildman–Crippen MR) is 98.0 cm³/mol. The zero-order valence-electron chi connectivity index (χ0n) is 14.9. The molecular weight excluding hydrogens is 330 g/mol. The van der Waals surface area contributed by atoms with E-state index in [1.54, 1.807) is 7.11 Å². The molecule has 1 fully saturated rings. The summed E-state index contributed by atoms with van der Waals surface area (Å²) in [6, 6.07) is 6.89. The molecule has 0 aliphatic carbocycles. The summed E-state index contributed by atoms with van der Waals surface area (Å²) in [5, 5.41) is 8.25. The van der Waals surface area contributed by atoms with Gasteiger partial charge in [-0.3, -0.25) is 10.00 Å². The van der Waals surface area contributed by atoms with E-state index in [0.29, 0.717) is 11.9 Å². The molecule has 1 aliphatic heterocycles. The molecule has 1 aliphatic rings. The molecule has 1 N–H and O–H groups in total. The Morgan fingerprint density at radius 1 is 1.23 bits per heavy atom. The van der Waals surface area contributed by atoms with Gasteiger partial charge in [-0.2, -0.15) is 5.10 Å². The number of hydrogen-bond donors (Lipinski definition) is 1. The lowest BCUT2D eigenvalue weighted by Gasteiger charge is -2.23. The lowest BCUT2D eigenvalue weighted by atomic mass is 9.98. The van der Waals surface area contributed by atoms with Gasteiger partial charge in [0.25, 0.3) is 0 Å². The Hall–Kier alpha value is -2.51. The van der Waals surface area contributed by atoms with Crippen molar-refractivity contribution in [3.8, 4) is 6.01 Å². The Bertz CT molecular complexity index is 849. The molecule has 2 aromatic heterocycles. The highest BCUT2D eigenvalue weighted by atomic mass is 16.5. The quantitative estimate of drug-likeness (QED) is 0.757. The van der Waals surface area contributed by atoms with Crippen LogP contribution in [-0.4, -0.2) is 58.5 Å². The van der Waals surface area contributed by atoms with Gasteiger partial charge >= 0.3 is 6.01 Å². The van der Waals surface area contributed by atoms with Crippen LogP contribution >= 0.6 is 0 Å². The molecule has 0 amide bonds. The third-order valence-electron chi connectivity index (χ3n) is 4.72. The molecule has 3 aromatic rings. The smallest absolute Gasteiger partial charge is 0.316 e. The minimum Gasteiger partial charge on any atom is -0.467 e. The number of fused-ring (bicyclic) bond motifs is 1. The maximum Gasteiger partial charge on any atom is 0.316 e. The van der Waals surface area contributed by atoms with Crippen molar-refractivity contribution in [2.75, 3.05) is 33.4 Å². The Kier molecular flexibility index (Phi) is 5.08. The van der Waals surface area contributed by atoms with Crippen molar-refractivity contribution in [1.82, 2.24) is 25.1 Å². The number of H-pyrrole nitrogens is 1. The fourth-order valence-corrected chi connectivity index (χ4v) is 3.46. The van der Waals surface area contributed by atoms with Crippen LogP contribution in [0, 0.1) is 5.92 Å². The van der Waals surface area contributed by atoms with Crippen molar-refractivity contribution < 1.29 is 9.47 Å².